The minimum Gasteiger partial charge on any atom is -0.360 e. The Morgan fingerprint density at radius 1 is 1.00 bits per heavy atom. The second-order valence-corrected chi connectivity index (χ2v) is 8.89. The number of ketones is 2. The molecule has 4 rings (SSSR count). The van der Waals surface area contributed by atoms with Crippen molar-refractivity contribution in [3.05, 3.63) is 107 Å². The fourth-order valence-electron chi connectivity index (χ4n) is 4.34. The first-order chi connectivity index (χ1) is 17.0. The van der Waals surface area contributed by atoms with Gasteiger partial charge < -0.3 is 10.3 Å². The maximum Gasteiger partial charge on any atom is 0.186 e. The molecule has 0 bridgehead atoms. The Labute approximate surface area is 205 Å². The number of aromatic nitrogens is 1. The van der Waals surface area contributed by atoms with Gasteiger partial charge in [0, 0.05) is 41.2 Å². The Morgan fingerprint density at radius 3 is 2.43 bits per heavy atom. The molecule has 5 nitrogen and oxygen atoms in total. The van der Waals surface area contributed by atoms with Crippen molar-refractivity contribution < 1.29 is 9.59 Å². The van der Waals surface area contributed by atoms with Gasteiger partial charge in [-0.25, -0.2) is 0 Å². The molecular weight excluding hydrogens is 434 g/mol. The van der Waals surface area contributed by atoms with Crippen LogP contribution in [-0.2, 0) is 0 Å². The Balaban J connectivity index is 1.59. The number of nitriles is 1. The summed E-state index contributed by atoms with van der Waals surface area (Å²) in [6, 6.07) is 24.4. The number of nitrogens with zero attached hydrogens (tertiary/aromatic N) is 1. The largest absolute Gasteiger partial charge is 0.360 e. The highest BCUT2D eigenvalue weighted by molar-refractivity contribution is 6.11. The van der Waals surface area contributed by atoms with E-state index >= 15 is 0 Å². The molecule has 0 spiro atoms. The van der Waals surface area contributed by atoms with Crippen LogP contribution < -0.4 is 5.32 Å². The molecule has 1 aromatic heterocycles. The summed E-state index contributed by atoms with van der Waals surface area (Å²) < 4.78 is 0. The van der Waals surface area contributed by atoms with Crippen molar-refractivity contribution in [2.24, 2.45) is 0 Å². The van der Waals surface area contributed by atoms with E-state index in [9.17, 15) is 9.59 Å². The SMILES string of the molecule is CCCC(=O)c1ccc2c(C(=O)C(NCC(C)c3ccc(C#N)cc3)c3ccccc3)c[nH]c2c1. The molecule has 0 aliphatic rings. The number of aromatic amines is 1. The molecule has 0 aliphatic heterocycles. The Kier molecular flexibility index (Phi) is 7.54. The first kappa shape index (κ1) is 24.1. The molecule has 0 saturated carbocycles. The van der Waals surface area contributed by atoms with E-state index < -0.39 is 6.04 Å². The maximum atomic E-state index is 13.8. The quantitative estimate of drug-likeness (QED) is 0.269. The van der Waals surface area contributed by atoms with Crippen LogP contribution in [0.5, 0.6) is 0 Å². The van der Waals surface area contributed by atoms with Crippen LogP contribution in [0, 0.1) is 11.3 Å². The summed E-state index contributed by atoms with van der Waals surface area (Å²) in [4.78, 5) is 29.3. The van der Waals surface area contributed by atoms with E-state index in [1.54, 1.807) is 6.20 Å². The van der Waals surface area contributed by atoms with Gasteiger partial charge in [-0.2, -0.15) is 5.26 Å². The zero-order valence-electron chi connectivity index (χ0n) is 20.0. The first-order valence-corrected chi connectivity index (χ1v) is 12.0. The first-order valence-electron chi connectivity index (χ1n) is 12.0. The number of carbonyl (C=O) groups excluding carboxylic acids is 2. The molecule has 0 saturated heterocycles. The van der Waals surface area contributed by atoms with Crippen LogP contribution in [-0.4, -0.2) is 23.1 Å². The van der Waals surface area contributed by atoms with Crippen molar-refractivity contribution in [3.8, 4) is 6.07 Å². The summed E-state index contributed by atoms with van der Waals surface area (Å²) in [6.45, 7) is 4.68. The standard InChI is InChI=1S/C30H29N3O2/c1-3-7-28(34)24-14-15-25-26(19-32-27(25)16-24)30(35)29(23-8-5-4-6-9-23)33-18-20(2)22-12-10-21(17-31)11-13-22/h4-6,8-16,19-20,29,32-33H,3,7,18H2,1-2H3. The lowest BCUT2D eigenvalue weighted by atomic mass is 9.94. The normalized spacial score (nSPS) is 12.7. The summed E-state index contributed by atoms with van der Waals surface area (Å²) >= 11 is 0. The summed E-state index contributed by atoms with van der Waals surface area (Å²) in [5.74, 6) is 0.233. The molecular formula is C30H29N3O2. The smallest absolute Gasteiger partial charge is 0.186 e. The van der Waals surface area contributed by atoms with Crippen LogP contribution in [0.4, 0.5) is 0 Å². The second-order valence-electron chi connectivity index (χ2n) is 8.89. The topological polar surface area (TPSA) is 85.8 Å². The third-order valence-corrected chi connectivity index (χ3v) is 6.38. The van der Waals surface area contributed by atoms with Gasteiger partial charge in [0.1, 0.15) is 0 Å². The number of hydrogen-bond donors (Lipinski definition) is 2. The van der Waals surface area contributed by atoms with E-state index in [1.807, 2.05) is 79.7 Å². The van der Waals surface area contributed by atoms with Crippen molar-refractivity contribution >= 4 is 22.5 Å². The number of nitrogens with one attached hydrogen (secondary N) is 2. The summed E-state index contributed by atoms with van der Waals surface area (Å²) in [5, 5.41) is 13.3. The van der Waals surface area contributed by atoms with E-state index in [2.05, 4.69) is 23.3 Å². The molecule has 0 fully saturated rings. The van der Waals surface area contributed by atoms with E-state index in [0.717, 1.165) is 28.5 Å². The average molecular weight is 464 g/mol. The molecule has 2 atom stereocenters. The third kappa shape index (κ3) is 5.40. The number of benzene rings is 3. The fourth-order valence-corrected chi connectivity index (χ4v) is 4.34. The highest BCUT2D eigenvalue weighted by Gasteiger charge is 2.25. The lowest BCUT2D eigenvalue weighted by Crippen LogP contribution is -2.31. The third-order valence-electron chi connectivity index (χ3n) is 6.38. The molecule has 2 unspecified atom stereocenters. The minimum atomic E-state index is -0.516. The lowest BCUT2D eigenvalue weighted by Gasteiger charge is -2.21. The van der Waals surface area contributed by atoms with Gasteiger partial charge in [-0.1, -0.05) is 68.4 Å². The maximum absolute atomic E-state index is 13.8. The zero-order valence-corrected chi connectivity index (χ0v) is 20.0. The van der Waals surface area contributed by atoms with Gasteiger partial charge in [0.2, 0.25) is 0 Å². The molecule has 0 radical (unpaired) electrons. The fraction of sp³-hybridized carbons (Fsp3) is 0.233. The lowest BCUT2D eigenvalue weighted by molar-refractivity contribution is 0.0942. The predicted molar refractivity (Wildman–Crippen MR) is 139 cm³/mol. The molecule has 0 amide bonds. The molecule has 5 heteroatoms. The van der Waals surface area contributed by atoms with Crippen LogP contribution in [0.25, 0.3) is 10.9 Å². The number of rotatable bonds is 10. The second kappa shape index (κ2) is 10.9. The molecule has 1 heterocycles. The van der Waals surface area contributed by atoms with Gasteiger partial charge in [-0.05, 0) is 41.7 Å². The van der Waals surface area contributed by atoms with Crippen molar-refractivity contribution in [1.29, 1.82) is 5.26 Å². The van der Waals surface area contributed by atoms with Crippen LogP contribution >= 0.6 is 0 Å². The number of H-pyrrole nitrogens is 1. The van der Waals surface area contributed by atoms with Crippen molar-refractivity contribution in [3.63, 3.8) is 0 Å². The minimum absolute atomic E-state index is 0.0258. The van der Waals surface area contributed by atoms with Gasteiger partial charge in [0.25, 0.3) is 0 Å². The van der Waals surface area contributed by atoms with Crippen molar-refractivity contribution in [1.82, 2.24) is 10.3 Å². The van der Waals surface area contributed by atoms with Crippen molar-refractivity contribution in [2.45, 2.75) is 38.6 Å². The Bertz CT molecular complexity index is 1360. The van der Waals surface area contributed by atoms with E-state index in [0.29, 0.717) is 29.7 Å². The monoisotopic (exact) mass is 463 g/mol. The van der Waals surface area contributed by atoms with Crippen molar-refractivity contribution in [2.75, 3.05) is 6.54 Å². The number of Topliss-reactive ketones (excluding diaryl/α,β-unsaturated/α-hetero) is 2. The predicted octanol–water partition coefficient (Wildman–Crippen LogP) is 6.34. The Hall–Kier alpha value is -4.01. The van der Waals surface area contributed by atoms with Gasteiger partial charge in [-0.15, -0.1) is 0 Å². The van der Waals surface area contributed by atoms with E-state index in [-0.39, 0.29) is 17.5 Å². The van der Waals surface area contributed by atoms with Gasteiger partial charge >= 0.3 is 0 Å². The van der Waals surface area contributed by atoms with Crippen LogP contribution in [0.15, 0.2) is 79.0 Å². The molecule has 4 aromatic rings. The molecule has 35 heavy (non-hydrogen) atoms. The van der Waals surface area contributed by atoms with Gasteiger partial charge in [0.05, 0.1) is 17.7 Å². The molecule has 2 N–H and O–H groups in total. The average Bonchev–Trinajstić information content (AvgIpc) is 3.32. The van der Waals surface area contributed by atoms with E-state index in [4.69, 9.17) is 5.26 Å². The van der Waals surface area contributed by atoms with Gasteiger partial charge in [0.15, 0.2) is 11.6 Å². The highest BCUT2D eigenvalue weighted by atomic mass is 16.1. The molecule has 3 aromatic carbocycles. The van der Waals surface area contributed by atoms with Crippen LogP contribution in [0.1, 0.15) is 76.1 Å². The van der Waals surface area contributed by atoms with Crippen LogP contribution in [0.3, 0.4) is 0 Å². The molecule has 176 valence electrons. The Morgan fingerprint density at radius 2 is 1.74 bits per heavy atom. The number of fused-ring (bicyclic) bond motifs is 1. The summed E-state index contributed by atoms with van der Waals surface area (Å²) in [7, 11) is 0. The van der Waals surface area contributed by atoms with E-state index in [1.165, 1.54) is 0 Å². The van der Waals surface area contributed by atoms with Gasteiger partial charge in [-0.3, -0.25) is 9.59 Å². The molecule has 0 aliphatic carbocycles. The van der Waals surface area contributed by atoms with Crippen LogP contribution in [0.2, 0.25) is 0 Å². The zero-order chi connectivity index (χ0) is 24.8. The number of carbonyl (C=O) groups is 2. The summed E-state index contributed by atoms with van der Waals surface area (Å²) in [6.07, 6.45) is 3.05. The number of hydrogen-bond acceptors (Lipinski definition) is 4. The highest BCUT2D eigenvalue weighted by Crippen LogP contribution is 2.27. The summed E-state index contributed by atoms with van der Waals surface area (Å²) in [5.41, 5.74) is 4.68.